The number of piperidine rings is 1. The molecule has 2 aromatic heterocycles. The monoisotopic (exact) mass is 579 g/mol. The van der Waals surface area contributed by atoms with Crippen LogP contribution in [0.3, 0.4) is 0 Å². The number of carbonyl (C=O) groups excluding carboxylic acids is 1. The second kappa shape index (κ2) is 11.1. The molecule has 1 aliphatic rings. The number of halogens is 1. The zero-order chi connectivity index (χ0) is 29.4. The van der Waals surface area contributed by atoms with Crippen LogP contribution < -0.4 is 15.4 Å². The molecular formula is C29H34FN7O3S. The van der Waals surface area contributed by atoms with Crippen LogP contribution in [-0.2, 0) is 10.0 Å². The second-order valence-corrected chi connectivity index (χ2v) is 13.5. The maximum atomic E-state index is 15.0. The molecule has 5 rings (SSSR count). The van der Waals surface area contributed by atoms with Crippen LogP contribution in [-0.4, -0.2) is 64.7 Å². The van der Waals surface area contributed by atoms with Crippen LogP contribution in [0.1, 0.15) is 44.0 Å². The predicted octanol–water partition coefficient (Wildman–Crippen LogP) is 4.67. The van der Waals surface area contributed by atoms with Crippen LogP contribution in [0.5, 0.6) is 0 Å². The number of anilines is 3. The first-order chi connectivity index (χ1) is 19.4. The van der Waals surface area contributed by atoms with Crippen LogP contribution in [0.15, 0.2) is 60.9 Å². The number of sulfonamides is 1. The third-order valence-corrected chi connectivity index (χ3v) is 9.37. The summed E-state index contributed by atoms with van der Waals surface area (Å²) in [5.74, 6) is -0.685. The highest BCUT2D eigenvalue weighted by molar-refractivity contribution is 7.94. The molecule has 0 spiro atoms. The first-order valence-electron chi connectivity index (χ1n) is 13.5. The molecule has 0 atom stereocenters. The summed E-state index contributed by atoms with van der Waals surface area (Å²) in [7, 11) is -1.69. The lowest BCUT2D eigenvalue weighted by atomic mass is 10.0. The minimum atomic E-state index is -3.59. The van der Waals surface area contributed by atoms with E-state index in [1.165, 1.54) is 12.1 Å². The highest BCUT2D eigenvalue weighted by Gasteiger charge is 2.29. The molecule has 3 N–H and O–H groups in total. The highest BCUT2D eigenvalue weighted by Crippen LogP contribution is 2.26. The van der Waals surface area contributed by atoms with Crippen molar-refractivity contribution < 1.29 is 17.6 Å². The van der Waals surface area contributed by atoms with Crippen molar-refractivity contribution in [1.82, 2.24) is 24.8 Å². The van der Waals surface area contributed by atoms with Gasteiger partial charge in [-0.2, -0.15) is 4.98 Å². The minimum Gasteiger partial charge on any atom is -0.338 e. The summed E-state index contributed by atoms with van der Waals surface area (Å²) in [5.41, 5.74) is 2.15. The normalized spacial score (nSPS) is 14.8. The number of benzene rings is 2. The fraction of sp³-hybridized carbons (Fsp3) is 0.345. The maximum absolute atomic E-state index is 15.0. The van der Waals surface area contributed by atoms with Crippen molar-refractivity contribution in [2.75, 3.05) is 30.2 Å². The number of rotatable bonds is 7. The number of nitrogens with zero attached hydrogens (tertiary/aromatic N) is 4. The molecule has 4 aromatic rings. The largest absolute Gasteiger partial charge is 0.338 e. The molecule has 1 aliphatic heterocycles. The molecule has 0 radical (unpaired) electrons. The van der Waals surface area contributed by atoms with Crippen LogP contribution in [0.25, 0.3) is 16.7 Å². The summed E-state index contributed by atoms with van der Waals surface area (Å²) in [6, 6.07) is 13.6. The van der Waals surface area contributed by atoms with E-state index in [2.05, 4.69) is 25.3 Å². The van der Waals surface area contributed by atoms with Gasteiger partial charge in [0.1, 0.15) is 11.5 Å². The minimum absolute atomic E-state index is 0.0330. The van der Waals surface area contributed by atoms with E-state index in [-0.39, 0.29) is 17.4 Å². The Balaban J connectivity index is 1.35. The number of hydrogen-bond donors (Lipinski definition) is 3. The Hall–Kier alpha value is -4.03. The Morgan fingerprint density at radius 3 is 2.49 bits per heavy atom. The summed E-state index contributed by atoms with van der Waals surface area (Å²) in [5, 5.41) is 7.02. The molecule has 216 valence electrons. The van der Waals surface area contributed by atoms with Gasteiger partial charge in [-0.15, -0.1) is 0 Å². The van der Waals surface area contributed by atoms with E-state index in [9.17, 15) is 13.2 Å². The number of hydrogen-bond acceptors (Lipinski definition) is 7. The molecule has 1 fully saturated rings. The van der Waals surface area contributed by atoms with Crippen molar-refractivity contribution in [3.8, 4) is 5.69 Å². The highest BCUT2D eigenvalue weighted by atomic mass is 32.2. The molecule has 0 saturated carbocycles. The quantitative estimate of drug-likeness (QED) is 0.291. The van der Waals surface area contributed by atoms with Crippen molar-refractivity contribution in [3.63, 3.8) is 0 Å². The zero-order valence-electron chi connectivity index (χ0n) is 23.5. The lowest BCUT2D eigenvalue weighted by Gasteiger charge is -2.32. The molecular weight excluding hydrogens is 545 g/mol. The fourth-order valence-electron chi connectivity index (χ4n) is 4.65. The number of likely N-dealkylation sites (tertiary alicyclic amines) is 1. The molecule has 0 aliphatic carbocycles. The number of amides is 1. The number of nitrogens with one attached hydrogen (secondary N) is 3. The Morgan fingerprint density at radius 2 is 1.80 bits per heavy atom. The van der Waals surface area contributed by atoms with Crippen molar-refractivity contribution in [3.05, 3.63) is 72.3 Å². The van der Waals surface area contributed by atoms with Gasteiger partial charge in [0.15, 0.2) is 0 Å². The Labute approximate surface area is 239 Å². The maximum Gasteiger partial charge on any atom is 0.256 e. The standard InChI is InChI=1S/C29H34FN7O3S/c1-29(2,3)41(39,40)35-22-6-5-7-23(16-22)37-15-10-19-18-32-28(34-26(19)37)33-21-8-9-24(25(30)17-21)27(38)36-13-11-20(31-4)12-14-36/h5-10,15-18,20,31,35H,11-14H2,1-4H3,(H,32,33,34). The lowest BCUT2D eigenvalue weighted by molar-refractivity contribution is 0.0702. The van der Waals surface area contributed by atoms with E-state index in [1.54, 1.807) is 56.1 Å². The summed E-state index contributed by atoms with van der Waals surface area (Å²) in [6.07, 6.45) is 5.14. The average Bonchev–Trinajstić information content (AvgIpc) is 3.35. The van der Waals surface area contributed by atoms with Crippen LogP contribution >= 0.6 is 0 Å². The molecule has 1 amide bonds. The zero-order valence-corrected chi connectivity index (χ0v) is 24.3. The van der Waals surface area contributed by atoms with E-state index in [0.29, 0.717) is 41.8 Å². The third-order valence-electron chi connectivity index (χ3n) is 7.26. The van der Waals surface area contributed by atoms with Gasteiger partial charge >= 0.3 is 0 Å². The number of fused-ring (bicyclic) bond motifs is 1. The van der Waals surface area contributed by atoms with E-state index in [4.69, 9.17) is 0 Å². The molecule has 3 heterocycles. The van der Waals surface area contributed by atoms with Crippen LogP contribution in [0.2, 0.25) is 0 Å². The molecule has 12 heteroatoms. The van der Waals surface area contributed by atoms with E-state index < -0.39 is 20.6 Å². The van der Waals surface area contributed by atoms with Crippen molar-refractivity contribution in [1.29, 1.82) is 0 Å². The van der Waals surface area contributed by atoms with Crippen LogP contribution in [0.4, 0.5) is 21.7 Å². The van der Waals surface area contributed by atoms with Gasteiger partial charge in [-0.05, 0) is 83.1 Å². The summed E-state index contributed by atoms with van der Waals surface area (Å²) >= 11 is 0. The topological polar surface area (TPSA) is 121 Å². The fourth-order valence-corrected chi connectivity index (χ4v) is 5.39. The van der Waals surface area contributed by atoms with Gasteiger partial charge in [0.05, 0.1) is 16.0 Å². The second-order valence-electron chi connectivity index (χ2n) is 11.1. The lowest BCUT2D eigenvalue weighted by Crippen LogP contribution is -2.44. The SMILES string of the molecule is CNC1CCN(C(=O)c2ccc(Nc3ncc4ccn(-c5cccc(NS(=O)(=O)C(C)(C)C)c5)c4n3)cc2F)CC1. The molecule has 0 unspecified atom stereocenters. The van der Waals surface area contributed by atoms with Crippen molar-refractivity contribution in [2.24, 2.45) is 0 Å². The Bertz CT molecular complexity index is 1690. The van der Waals surface area contributed by atoms with Gasteiger partial charge in [0, 0.05) is 48.3 Å². The van der Waals surface area contributed by atoms with Crippen molar-refractivity contribution in [2.45, 2.75) is 44.4 Å². The Morgan fingerprint density at radius 1 is 1.05 bits per heavy atom. The molecule has 0 bridgehead atoms. The van der Waals surface area contributed by atoms with Gasteiger partial charge in [-0.1, -0.05) is 6.07 Å². The summed E-state index contributed by atoms with van der Waals surface area (Å²) < 4.78 is 43.8. The molecule has 2 aromatic carbocycles. The van der Waals surface area contributed by atoms with E-state index in [0.717, 1.165) is 18.2 Å². The summed E-state index contributed by atoms with van der Waals surface area (Å²) in [4.78, 5) is 23.6. The van der Waals surface area contributed by atoms with Gasteiger partial charge in [-0.25, -0.2) is 17.8 Å². The van der Waals surface area contributed by atoms with Gasteiger partial charge in [0.25, 0.3) is 5.91 Å². The van der Waals surface area contributed by atoms with Gasteiger partial charge in [0.2, 0.25) is 16.0 Å². The van der Waals surface area contributed by atoms with E-state index >= 15 is 4.39 Å². The predicted molar refractivity (Wildman–Crippen MR) is 159 cm³/mol. The summed E-state index contributed by atoms with van der Waals surface area (Å²) in [6.45, 7) is 6.07. The van der Waals surface area contributed by atoms with Gasteiger partial charge in [-0.3, -0.25) is 9.52 Å². The third kappa shape index (κ3) is 6.03. The molecule has 1 saturated heterocycles. The van der Waals surface area contributed by atoms with Crippen molar-refractivity contribution >= 4 is 44.3 Å². The van der Waals surface area contributed by atoms with Crippen LogP contribution in [0, 0.1) is 5.82 Å². The number of aromatic nitrogens is 3. The average molecular weight is 580 g/mol. The van der Waals surface area contributed by atoms with E-state index in [1.807, 2.05) is 29.9 Å². The molecule has 10 nitrogen and oxygen atoms in total. The Kier molecular flexibility index (Phi) is 7.71. The first kappa shape index (κ1) is 28.5. The smallest absolute Gasteiger partial charge is 0.256 e. The molecule has 41 heavy (non-hydrogen) atoms. The van der Waals surface area contributed by atoms with Gasteiger partial charge < -0.3 is 20.1 Å². The first-order valence-corrected chi connectivity index (χ1v) is 14.9. The number of carbonyl (C=O) groups is 1.